The number of hydrogen-bond donors (Lipinski definition) is 1. The van der Waals surface area contributed by atoms with Crippen LogP contribution in [0.25, 0.3) is 0 Å². The molecule has 1 amide bonds. The van der Waals surface area contributed by atoms with Crippen LogP contribution in [0.5, 0.6) is 0 Å². The van der Waals surface area contributed by atoms with Crippen LogP contribution in [-0.4, -0.2) is 15.9 Å². The van der Waals surface area contributed by atoms with E-state index in [4.69, 9.17) is 11.6 Å². The molecular weight excluding hydrogens is 238 g/mol. The number of benzene rings is 1. The Bertz CT molecular complexity index is 540. The van der Waals surface area contributed by atoms with Crippen molar-refractivity contribution >= 4 is 23.2 Å². The molecule has 4 nitrogen and oxygen atoms in total. The summed E-state index contributed by atoms with van der Waals surface area (Å²) in [6, 6.07) is 8.45. The lowest BCUT2D eigenvalue weighted by molar-refractivity contribution is 0.102. The third-order valence-corrected chi connectivity index (χ3v) is 2.36. The van der Waals surface area contributed by atoms with Crippen molar-refractivity contribution in [1.29, 1.82) is 0 Å². The molecule has 0 aliphatic rings. The summed E-state index contributed by atoms with van der Waals surface area (Å²) >= 11 is 5.75. The Morgan fingerprint density at radius 2 is 1.94 bits per heavy atom. The number of aromatic nitrogens is 2. The minimum atomic E-state index is -0.266. The molecule has 0 radical (unpaired) electrons. The molecule has 1 aromatic carbocycles. The van der Waals surface area contributed by atoms with Gasteiger partial charge in [-0.1, -0.05) is 11.6 Å². The average molecular weight is 248 g/mol. The van der Waals surface area contributed by atoms with Gasteiger partial charge in [0.25, 0.3) is 5.91 Å². The van der Waals surface area contributed by atoms with Crippen molar-refractivity contribution in [3.8, 4) is 0 Å². The molecule has 0 bridgehead atoms. The number of halogens is 1. The van der Waals surface area contributed by atoms with Gasteiger partial charge in [0.2, 0.25) is 0 Å². The third kappa shape index (κ3) is 3.01. The number of rotatable bonds is 2. The van der Waals surface area contributed by atoms with Gasteiger partial charge in [0.05, 0.1) is 0 Å². The summed E-state index contributed by atoms with van der Waals surface area (Å²) < 4.78 is 0. The standard InChI is InChI=1S/C12H10ClN3O/c1-8-14-7-6-11(15-8)12(17)16-10-4-2-9(13)3-5-10/h2-7H,1H3,(H,16,17). The van der Waals surface area contributed by atoms with Gasteiger partial charge in [-0.2, -0.15) is 0 Å². The van der Waals surface area contributed by atoms with Crippen LogP contribution >= 0.6 is 11.6 Å². The van der Waals surface area contributed by atoms with Gasteiger partial charge in [-0.15, -0.1) is 0 Å². The molecule has 86 valence electrons. The maximum Gasteiger partial charge on any atom is 0.274 e. The Balaban J connectivity index is 2.14. The van der Waals surface area contributed by atoms with E-state index < -0.39 is 0 Å². The summed E-state index contributed by atoms with van der Waals surface area (Å²) in [5.41, 5.74) is 1.02. The number of nitrogens with zero attached hydrogens (tertiary/aromatic N) is 2. The van der Waals surface area contributed by atoms with Crippen LogP contribution in [0.2, 0.25) is 5.02 Å². The summed E-state index contributed by atoms with van der Waals surface area (Å²) in [6.45, 7) is 1.74. The smallest absolute Gasteiger partial charge is 0.274 e. The van der Waals surface area contributed by atoms with E-state index in [9.17, 15) is 4.79 Å². The molecule has 1 aromatic heterocycles. The highest BCUT2D eigenvalue weighted by atomic mass is 35.5. The molecule has 5 heteroatoms. The van der Waals surface area contributed by atoms with E-state index in [1.165, 1.54) is 0 Å². The third-order valence-electron chi connectivity index (χ3n) is 2.11. The first-order valence-electron chi connectivity index (χ1n) is 5.02. The van der Waals surface area contributed by atoms with Crippen LogP contribution in [-0.2, 0) is 0 Å². The Morgan fingerprint density at radius 1 is 1.24 bits per heavy atom. The first-order chi connectivity index (χ1) is 8.15. The van der Waals surface area contributed by atoms with Gasteiger partial charge in [0, 0.05) is 16.9 Å². The highest BCUT2D eigenvalue weighted by Gasteiger charge is 2.07. The zero-order chi connectivity index (χ0) is 12.3. The van der Waals surface area contributed by atoms with Gasteiger partial charge in [0.1, 0.15) is 11.5 Å². The number of nitrogens with one attached hydrogen (secondary N) is 1. The van der Waals surface area contributed by atoms with Gasteiger partial charge in [0.15, 0.2) is 0 Å². The summed E-state index contributed by atoms with van der Waals surface area (Å²) in [7, 11) is 0. The van der Waals surface area contributed by atoms with E-state index in [-0.39, 0.29) is 5.91 Å². The van der Waals surface area contributed by atoms with Crippen LogP contribution in [0.3, 0.4) is 0 Å². The maximum absolute atomic E-state index is 11.8. The molecule has 0 saturated heterocycles. The van der Waals surface area contributed by atoms with Crippen LogP contribution in [0.1, 0.15) is 16.3 Å². The van der Waals surface area contributed by atoms with Gasteiger partial charge in [-0.05, 0) is 37.3 Å². The Kier molecular flexibility index (Phi) is 3.35. The first-order valence-corrected chi connectivity index (χ1v) is 5.39. The molecule has 0 fully saturated rings. The predicted molar refractivity (Wildman–Crippen MR) is 66.2 cm³/mol. The molecule has 1 heterocycles. The lowest BCUT2D eigenvalue weighted by Gasteiger charge is -2.04. The van der Waals surface area contributed by atoms with Gasteiger partial charge in [-0.25, -0.2) is 9.97 Å². The number of amides is 1. The minimum absolute atomic E-state index is 0.266. The van der Waals surface area contributed by atoms with Crippen LogP contribution < -0.4 is 5.32 Å². The van der Waals surface area contributed by atoms with Gasteiger partial charge in [-0.3, -0.25) is 4.79 Å². The molecule has 17 heavy (non-hydrogen) atoms. The van der Waals surface area contributed by atoms with Crippen molar-refractivity contribution in [3.05, 3.63) is 53.1 Å². The SMILES string of the molecule is Cc1nccc(C(=O)Nc2ccc(Cl)cc2)n1. The molecule has 0 unspecified atom stereocenters. The van der Waals surface area contributed by atoms with E-state index in [2.05, 4.69) is 15.3 Å². The lowest BCUT2D eigenvalue weighted by atomic mass is 10.3. The van der Waals surface area contributed by atoms with Gasteiger partial charge >= 0.3 is 0 Å². The Hall–Kier alpha value is -1.94. The normalized spacial score (nSPS) is 10.0. The summed E-state index contributed by atoms with van der Waals surface area (Å²) in [5, 5.41) is 3.35. The number of anilines is 1. The predicted octanol–water partition coefficient (Wildman–Crippen LogP) is 2.69. The summed E-state index contributed by atoms with van der Waals surface area (Å²) in [6.07, 6.45) is 1.55. The quantitative estimate of drug-likeness (QED) is 0.888. The van der Waals surface area contributed by atoms with Gasteiger partial charge < -0.3 is 5.32 Å². The number of aryl methyl sites for hydroxylation is 1. The topological polar surface area (TPSA) is 54.9 Å². The van der Waals surface area contributed by atoms with E-state index in [1.54, 1.807) is 43.5 Å². The highest BCUT2D eigenvalue weighted by molar-refractivity contribution is 6.30. The molecule has 2 aromatic rings. The van der Waals surface area contributed by atoms with E-state index in [0.717, 1.165) is 0 Å². The van der Waals surface area contributed by atoms with Crippen molar-refractivity contribution in [1.82, 2.24) is 9.97 Å². The molecule has 0 saturated carbocycles. The Morgan fingerprint density at radius 3 is 2.59 bits per heavy atom. The fourth-order valence-corrected chi connectivity index (χ4v) is 1.44. The average Bonchev–Trinajstić information content (AvgIpc) is 2.32. The van der Waals surface area contributed by atoms with Crippen LogP contribution in [0.15, 0.2) is 36.5 Å². The zero-order valence-corrected chi connectivity index (χ0v) is 9.90. The molecule has 0 spiro atoms. The minimum Gasteiger partial charge on any atom is -0.321 e. The molecule has 2 rings (SSSR count). The van der Waals surface area contributed by atoms with Crippen LogP contribution in [0, 0.1) is 6.92 Å². The van der Waals surface area contributed by atoms with Crippen molar-refractivity contribution in [2.75, 3.05) is 5.32 Å². The largest absolute Gasteiger partial charge is 0.321 e. The van der Waals surface area contributed by atoms with E-state index >= 15 is 0 Å². The molecular formula is C12H10ClN3O. The molecule has 0 atom stereocenters. The monoisotopic (exact) mass is 247 g/mol. The highest BCUT2D eigenvalue weighted by Crippen LogP contribution is 2.14. The van der Waals surface area contributed by atoms with Crippen molar-refractivity contribution in [2.24, 2.45) is 0 Å². The Labute approximate surface area is 104 Å². The van der Waals surface area contributed by atoms with Crippen LogP contribution in [0.4, 0.5) is 5.69 Å². The zero-order valence-electron chi connectivity index (χ0n) is 9.14. The summed E-state index contributed by atoms with van der Waals surface area (Å²) in [4.78, 5) is 19.8. The van der Waals surface area contributed by atoms with E-state index in [0.29, 0.717) is 22.2 Å². The second kappa shape index (κ2) is 4.93. The second-order valence-electron chi connectivity index (χ2n) is 3.45. The van der Waals surface area contributed by atoms with Crippen molar-refractivity contribution in [2.45, 2.75) is 6.92 Å². The first kappa shape index (κ1) is 11.5. The molecule has 0 aliphatic heterocycles. The van der Waals surface area contributed by atoms with E-state index in [1.807, 2.05) is 0 Å². The number of carbonyl (C=O) groups is 1. The number of carbonyl (C=O) groups excluding carboxylic acids is 1. The van der Waals surface area contributed by atoms with Crippen molar-refractivity contribution in [3.63, 3.8) is 0 Å². The van der Waals surface area contributed by atoms with Crippen molar-refractivity contribution < 1.29 is 4.79 Å². The second-order valence-corrected chi connectivity index (χ2v) is 3.89. The fourth-order valence-electron chi connectivity index (χ4n) is 1.31. The lowest BCUT2D eigenvalue weighted by Crippen LogP contribution is -2.14. The molecule has 1 N–H and O–H groups in total. The molecule has 0 aliphatic carbocycles. The fraction of sp³-hybridized carbons (Fsp3) is 0.0833. The number of hydrogen-bond acceptors (Lipinski definition) is 3. The maximum atomic E-state index is 11.8. The summed E-state index contributed by atoms with van der Waals surface area (Å²) in [5.74, 6) is 0.298.